The van der Waals surface area contributed by atoms with E-state index in [0.29, 0.717) is 19.0 Å². The lowest BCUT2D eigenvalue weighted by Crippen LogP contribution is -2.26. The fourth-order valence-electron chi connectivity index (χ4n) is 3.18. The van der Waals surface area contributed by atoms with Gasteiger partial charge in [-0.3, -0.25) is 0 Å². The van der Waals surface area contributed by atoms with Gasteiger partial charge in [-0.05, 0) is 31.4 Å². The average Bonchev–Trinajstić information content (AvgIpc) is 3.22. The molecule has 1 saturated heterocycles. The second kappa shape index (κ2) is 7.46. The molecule has 1 aliphatic heterocycles. The van der Waals surface area contributed by atoms with E-state index in [0.717, 1.165) is 63.4 Å². The minimum absolute atomic E-state index is 0.468. The molecule has 8 heteroatoms. The lowest BCUT2D eigenvalue weighted by Gasteiger charge is -2.14. The Balaban J connectivity index is 1.56. The molecule has 0 bridgehead atoms. The predicted octanol–water partition coefficient (Wildman–Crippen LogP) is 3.13. The summed E-state index contributed by atoms with van der Waals surface area (Å²) in [6, 6.07) is 5.91. The summed E-state index contributed by atoms with van der Waals surface area (Å²) in [6.45, 7) is 4.22. The summed E-state index contributed by atoms with van der Waals surface area (Å²) in [4.78, 5) is 9.16. The van der Waals surface area contributed by atoms with Gasteiger partial charge in [-0.2, -0.15) is 0 Å². The van der Waals surface area contributed by atoms with E-state index < -0.39 is 11.0 Å². The van der Waals surface area contributed by atoms with Crippen molar-refractivity contribution in [3.8, 4) is 5.75 Å². The largest absolute Gasteiger partial charge is 0.492 e. The van der Waals surface area contributed by atoms with Crippen LogP contribution in [0, 0.1) is 0 Å². The fraction of sp³-hybridized carbons (Fsp3) is 0.444. The number of nitrogen functional groups attached to an aromatic ring is 1. The molecule has 2 aromatic heterocycles. The maximum Gasteiger partial charge on any atom is 0.151 e. The summed E-state index contributed by atoms with van der Waals surface area (Å²) in [5.74, 6) is 1.99. The third-order valence-electron chi connectivity index (χ3n) is 4.46. The lowest BCUT2D eigenvalue weighted by molar-refractivity contribution is 0.283. The molecular formula is C18H22N4O2S2. The third kappa shape index (κ3) is 3.41. The topological polar surface area (TPSA) is 81.3 Å². The number of ether oxygens (including phenoxy) is 1. The number of thiazole rings is 1. The quantitative estimate of drug-likeness (QED) is 0.699. The molecule has 26 heavy (non-hydrogen) atoms. The predicted molar refractivity (Wildman–Crippen MR) is 108 cm³/mol. The second-order valence-corrected chi connectivity index (χ2v) is 9.02. The number of hydrogen-bond donors (Lipinski definition) is 1. The van der Waals surface area contributed by atoms with E-state index in [2.05, 4.69) is 16.9 Å². The number of hydrogen-bond acceptors (Lipinski definition) is 6. The van der Waals surface area contributed by atoms with Crippen LogP contribution in [0.15, 0.2) is 18.2 Å². The first-order valence-electron chi connectivity index (χ1n) is 8.90. The zero-order valence-corrected chi connectivity index (χ0v) is 16.4. The van der Waals surface area contributed by atoms with Gasteiger partial charge in [0.05, 0.1) is 26.2 Å². The van der Waals surface area contributed by atoms with E-state index >= 15 is 0 Å². The van der Waals surface area contributed by atoms with E-state index in [-0.39, 0.29) is 0 Å². The molecule has 1 aliphatic rings. The Hall–Kier alpha value is -1.77. The standard InChI is InChI=1S/C18H22N4O2S2/c1-2-4-15-21-16-17(25-15)13-6-5-12(11-14(13)20-18(16)19)24-9-8-22-7-3-10-26(22)23/h5-6,11H,2-4,7-10H2,1H3,(H2,19,20). The van der Waals surface area contributed by atoms with Gasteiger partial charge in [0.15, 0.2) is 5.82 Å². The molecule has 4 rings (SSSR count). The number of fused-ring (bicyclic) bond motifs is 3. The van der Waals surface area contributed by atoms with Crippen LogP contribution in [0.2, 0.25) is 0 Å². The van der Waals surface area contributed by atoms with Crippen LogP contribution in [0.4, 0.5) is 5.82 Å². The molecule has 3 aromatic rings. The number of benzene rings is 1. The minimum atomic E-state index is -0.840. The number of aromatic nitrogens is 2. The van der Waals surface area contributed by atoms with Crippen molar-refractivity contribution in [1.82, 2.24) is 14.3 Å². The summed E-state index contributed by atoms with van der Waals surface area (Å²) in [5.41, 5.74) is 7.76. The number of aryl methyl sites for hydroxylation is 1. The minimum Gasteiger partial charge on any atom is -0.492 e. The molecule has 138 valence electrons. The first-order chi connectivity index (χ1) is 12.7. The summed E-state index contributed by atoms with van der Waals surface area (Å²) >= 11 is 1.69. The van der Waals surface area contributed by atoms with Crippen LogP contribution in [0.1, 0.15) is 24.8 Å². The molecule has 0 amide bonds. The van der Waals surface area contributed by atoms with Crippen molar-refractivity contribution >= 4 is 49.3 Å². The number of anilines is 1. The van der Waals surface area contributed by atoms with Crippen molar-refractivity contribution < 1.29 is 8.95 Å². The Morgan fingerprint density at radius 1 is 1.38 bits per heavy atom. The van der Waals surface area contributed by atoms with Crippen LogP contribution >= 0.6 is 11.3 Å². The van der Waals surface area contributed by atoms with Crippen LogP contribution in [-0.2, 0) is 17.4 Å². The van der Waals surface area contributed by atoms with Gasteiger partial charge in [0.25, 0.3) is 0 Å². The Kier molecular flexibility index (Phi) is 5.06. The van der Waals surface area contributed by atoms with Gasteiger partial charge in [0.1, 0.15) is 17.9 Å². The number of pyridine rings is 1. The summed E-state index contributed by atoms with van der Waals surface area (Å²) < 4.78 is 20.7. The molecule has 0 radical (unpaired) electrons. The summed E-state index contributed by atoms with van der Waals surface area (Å²) in [7, 11) is -0.840. The molecule has 0 aliphatic carbocycles. The van der Waals surface area contributed by atoms with E-state index in [1.165, 1.54) is 0 Å². The van der Waals surface area contributed by atoms with Crippen molar-refractivity contribution in [3.05, 3.63) is 23.2 Å². The van der Waals surface area contributed by atoms with Crippen LogP contribution in [-0.4, -0.2) is 43.9 Å². The highest BCUT2D eigenvalue weighted by Crippen LogP contribution is 2.34. The highest BCUT2D eigenvalue weighted by atomic mass is 32.2. The molecule has 0 saturated carbocycles. The number of rotatable bonds is 6. The lowest BCUT2D eigenvalue weighted by atomic mass is 10.2. The van der Waals surface area contributed by atoms with E-state index in [9.17, 15) is 4.21 Å². The Morgan fingerprint density at radius 2 is 2.27 bits per heavy atom. The zero-order chi connectivity index (χ0) is 18.1. The van der Waals surface area contributed by atoms with Gasteiger partial charge in [-0.25, -0.2) is 18.5 Å². The van der Waals surface area contributed by atoms with Crippen LogP contribution in [0.25, 0.3) is 21.1 Å². The molecule has 3 heterocycles. The monoisotopic (exact) mass is 390 g/mol. The van der Waals surface area contributed by atoms with Crippen LogP contribution in [0.5, 0.6) is 5.75 Å². The van der Waals surface area contributed by atoms with Gasteiger partial charge < -0.3 is 10.5 Å². The van der Waals surface area contributed by atoms with Crippen LogP contribution in [0.3, 0.4) is 0 Å². The van der Waals surface area contributed by atoms with Crippen molar-refractivity contribution in [2.75, 3.05) is 31.2 Å². The van der Waals surface area contributed by atoms with Crippen molar-refractivity contribution in [2.24, 2.45) is 0 Å². The number of nitrogens with zero attached hydrogens (tertiary/aromatic N) is 3. The first-order valence-corrected chi connectivity index (χ1v) is 11.0. The molecule has 1 aromatic carbocycles. The van der Waals surface area contributed by atoms with Gasteiger partial charge in [-0.1, -0.05) is 6.92 Å². The SMILES string of the molecule is CCCc1nc2c(N)nc3cc(OCCN4CCCS4=O)ccc3c2s1. The van der Waals surface area contributed by atoms with Crippen LogP contribution < -0.4 is 10.5 Å². The first kappa shape index (κ1) is 17.6. The van der Waals surface area contributed by atoms with Gasteiger partial charge in [0.2, 0.25) is 0 Å². The average molecular weight is 391 g/mol. The molecular weight excluding hydrogens is 368 g/mol. The van der Waals surface area contributed by atoms with Crippen molar-refractivity contribution in [3.63, 3.8) is 0 Å². The smallest absolute Gasteiger partial charge is 0.151 e. The second-order valence-electron chi connectivity index (χ2n) is 6.37. The summed E-state index contributed by atoms with van der Waals surface area (Å²) in [6.07, 6.45) is 3.01. The highest BCUT2D eigenvalue weighted by Gasteiger charge is 2.19. The van der Waals surface area contributed by atoms with E-state index in [4.69, 9.17) is 10.5 Å². The maximum absolute atomic E-state index is 11.8. The molecule has 6 nitrogen and oxygen atoms in total. The molecule has 2 N–H and O–H groups in total. The van der Waals surface area contributed by atoms with Crippen molar-refractivity contribution in [1.29, 1.82) is 0 Å². The fourth-order valence-corrected chi connectivity index (χ4v) is 5.64. The van der Waals surface area contributed by atoms with E-state index in [1.807, 2.05) is 22.5 Å². The molecule has 1 fully saturated rings. The van der Waals surface area contributed by atoms with Gasteiger partial charge in [-0.15, -0.1) is 11.3 Å². The third-order valence-corrected chi connectivity index (χ3v) is 7.18. The number of nitrogens with two attached hydrogens (primary N) is 1. The normalized spacial score (nSPS) is 18.1. The maximum atomic E-state index is 11.8. The van der Waals surface area contributed by atoms with Gasteiger partial charge >= 0.3 is 0 Å². The Morgan fingerprint density at radius 3 is 3.04 bits per heavy atom. The Bertz CT molecular complexity index is 973. The van der Waals surface area contributed by atoms with Gasteiger partial charge in [0, 0.05) is 30.3 Å². The van der Waals surface area contributed by atoms with E-state index in [1.54, 1.807) is 11.3 Å². The highest BCUT2D eigenvalue weighted by molar-refractivity contribution is 7.82. The molecule has 0 spiro atoms. The van der Waals surface area contributed by atoms with Crippen molar-refractivity contribution in [2.45, 2.75) is 26.2 Å². The Labute approximate surface area is 159 Å². The summed E-state index contributed by atoms with van der Waals surface area (Å²) in [5, 5.41) is 2.16. The molecule has 1 atom stereocenters. The molecule has 1 unspecified atom stereocenters. The zero-order valence-electron chi connectivity index (χ0n) is 14.7.